The second-order valence-corrected chi connectivity index (χ2v) is 4.38. The maximum absolute atomic E-state index is 11.7. The number of urea groups is 1. The van der Waals surface area contributed by atoms with Crippen LogP contribution in [0.5, 0.6) is 0 Å². The first-order chi connectivity index (χ1) is 8.06. The molecule has 1 aromatic carbocycles. The van der Waals surface area contributed by atoms with E-state index in [0.29, 0.717) is 17.3 Å². The largest absolute Gasteiger partial charge is 0.351 e. The van der Waals surface area contributed by atoms with Gasteiger partial charge in [-0.05, 0) is 30.5 Å². The van der Waals surface area contributed by atoms with Crippen LogP contribution in [0.4, 0.5) is 16.2 Å². The molecule has 1 aliphatic rings. The highest BCUT2D eigenvalue weighted by molar-refractivity contribution is 5.95. The SMILES string of the molecule is CC1CC1C(=O)Nc1cccc(NC(N)=O)c1. The predicted molar refractivity (Wildman–Crippen MR) is 65.5 cm³/mol. The van der Waals surface area contributed by atoms with E-state index in [1.165, 1.54) is 0 Å². The molecule has 0 aromatic heterocycles. The van der Waals surface area contributed by atoms with Crippen molar-refractivity contribution in [2.24, 2.45) is 17.6 Å². The van der Waals surface area contributed by atoms with Gasteiger partial charge in [0.2, 0.25) is 5.91 Å². The first kappa shape index (κ1) is 11.4. The van der Waals surface area contributed by atoms with E-state index >= 15 is 0 Å². The minimum atomic E-state index is -0.621. The number of carbonyl (C=O) groups excluding carboxylic acids is 2. The molecule has 2 rings (SSSR count). The van der Waals surface area contributed by atoms with Gasteiger partial charge in [-0.3, -0.25) is 4.79 Å². The van der Waals surface area contributed by atoms with E-state index in [1.54, 1.807) is 24.3 Å². The third-order valence-electron chi connectivity index (χ3n) is 2.84. The zero-order valence-corrected chi connectivity index (χ0v) is 9.57. The molecule has 1 aromatic rings. The van der Waals surface area contributed by atoms with Gasteiger partial charge in [-0.15, -0.1) is 0 Å². The van der Waals surface area contributed by atoms with Crippen LogP contribution in [-0.4, -0.2) is 11.9 Å². The van der Waals surface area contributed by atoms with Gasteiger partial charge in [-0.25, -0.2) is 4.79 Å². The molecule has 0 bridgehead atoms. The van der Waals surface area contributed by atoms with Crippen LogP contribution in [0.15, 0.2) is 24.3 Å². The smallest absolute Gasteiger partial charge is 0.316 e. The summed E-state index contributed by atoms with van der Waals surface area (Å²) in [6.45, 7) is 2.05. The van der Waals surface area contributed by atoms with Gasteiger partial charge in [0.15, 0.2) is 0 Å². The number of amides is 3. The van der Waals surface area contributed by atoms with Crippen molar-refractivity contribution in [3.05, 3.63) is 24.3 Å². The number of anilines is 2. The third kappa shape index (κ3) is 2.96. The molecule has 5 nitrogen and oxygen atoms in total. The highest BCUT2D eigenvalue weighted by Crippen LogP contribution is 2.38. The first-order valence-electron chi connectivity index (χ1n) is 5.53. The monoisotopic (exact) mass is 233 g/mol. The quantitative estimate of drug-likeness (QED) is 0.743. The average molecular weight is 233 g/mol. The van der Waals surface area contributed by atoms with E-state index in [-0.39, 0.29) is 11.8 Å². The van der Waals surface area contributed by atoms with Gasteiger partial charge in [0, 0.05) is 17.3 Å². The number of hydrogen-bond donors (Lipinski definition) is 3. The van der Waals surface area contributed by atoms with E-state index in [1.807, 2.05) is 0 Å². The fourth-order valence-corrected chi connectivity index (χ4v) is 1.74. The van der Waals surface area contributed by atoms with E-state index in [4.69, 9.17) is 5.73 Å². The number of nitrogens with two attached hydrogens (primary N) is 1. The average Bonchev–Trinajstić information content (AvgIpc) is 2.95. The Morgan fingerprint density at radius 1 is 1.29 bits per heavy atom. The molecule has 0 spiro atoms. The van der Waals surface area contributed by atoms with E-state index in [2.05, 4.69) is 17.6 Å². The Balaban J connectivity index is 2.00. The molecular formula is C12H15N3O2. The Bertz CT molecular complexity index is 459. The van der Waals surface area contributed by atoms with Gasteiger partial charge in [0.1, 0.15) is 0 Å². The lowest BCUT2D eigenvalue weighted by Gasteiger charge is -2.07. The highest BCUT2D eigenvalue weighted by Gasteiger charge is 2.39. The molecule has 1 aliphatic carbocycles. The molecule has 1 fully saturated rings. The van der Waals surface area contributed by atoms with Crippen molar-refractivity contribution >= 4 is 23.3 Å². The van der Waals surface area contributed by atoms with E-state index in [9.17, 15) is 9.59 Å². The first-order valence-corrected chi connectivity index (χ1v) is 5.53. The molecule has 0 heterocycles. The third-order valence-corrected chi connectivity index (χ3v) is 2.84. The van der Waals surface area contributed by atoms with Crippen molar-refractivity contribution in [1.29, 1.82) is 0 Å². The number of benzene rings is 1. The van der Waals surface area contributed by atoms with Gasteiger partial charge in [0.05, 0.1) is 0 Å². The van der Waals surface area contributed by atoms with Crippen LogP contribution < -0.4 is 16.4 Å². The Morgan fingerprint density at radius 2 is 1.88 bits per heavy atom. The van der Waals surface area contributed by atoms with Crippen molar-refractivity contribution in [2.75, 3.05) is 10.6 Å². The zero-order valence-electron chi connectivity index (χ0n) is 9.57. The van der Waals surface area contributed by atoms with Crippen LogP contribution in [-0.2, 0) is 4.79 Å². The van der Waals surface area contributed by atoms with Gasteiger partial charge >= 0.3 is 6.03 Å². The molecule has 17 heavy (non-hydrogen) atoms. The molecule has 2 unspecified atom stereocenters. The minimum Gasteiger partial charge on any atom is -0.351 e. The Labute approximate surface area is 99.4 Å². The zero-order chi connectivity index (χ0) is 12.4. The number of rotatable bonds is 3. The summed E-state index contributed by atoms with van der Waals surface area (Å²) < 4.78 is 0. The summed E-state index contributed by atoms with van der Waals surface area (Å²) in [7, 11) is 0. The van der Waals surface area contributed by atoms with Crippen LogP contribution >= 0.6 is 0 Å². The molecular weight excluding hydrogens is 218 g/mol. The highest BCUT2D eigenvalue weighted by atomic mass is 16.2. The summed E-state index contributed by atoms with van der Waals surface area (Å²) in [5, 5.41) is 5.28. The van der Waals surface area contributed by atoms with Gasteiger partial charge < -0.3 is 16.4 Å². The number of nitrogens with one attached hydrogen (secondary N) is 2. The Hall–Kier alpha value is -2.04. The fraction of sp³-hybridized carbons (Fsp3) is 0.333. The molecule has 1 saturated carbocycles. The van der Waals surface area contributed by atoms with Gasteiger partial charge in [-0.2, -0.15) is 0 Å². The van der Waals surface area contributed by atoms with Crippen molar-refractivity contribution in [1.82, 2.24) is 0 Å². The molecule has 90 valence electrons. The molecule has 4 N–H and O–H groups in total. The van der Waals surface area contributed by atoms with Gasteiger partial charge in [0.25, 0.3) is 0 Å². The molecule has 3 amide bonds. The molecule has 0 radical (unpaired) electrons. The maximum Gasteiger partial charge on any atom is 0.316 e. The van der Waals surface area contributed by atoms with Crippen molar-refractivity contribution < 1.29 is 9.59 Å². The molecule has 2 atom stereocenters. The summed E-state index contributed by atoms with van der Waals surface area (Å²) in [6, 6.07) is 6.29. The maximum atomic E-state index is 11.7. The van der Waals surface area contributed by atoms with Crippen molar-refractivity contribution in [3.8, 4) is 0 Å². The number of carbonyl (C=O) groups is 2. The summed E-state index contributed by atoms with van der Waals surface area (Å²) >= 11 is 0. The summed E-state index contributed by atoms with van der Waals surface area (Å²) in [6.07, 6.45) is 0.949. The lowest BCUT2D eigenvalue weighted by Crippen LogP contribution is -2.19. The second kappa shape index (κ2) is 4.45. The predicted octanol–water partition coefficient (Wildman–Crippen LogP) is 1.77. The van der Waals surface area contributed by atoms with Crippen molar-refractivity contribution in [3.63, 3.8) is 0 Å². The topological polar surface area (TPSA) is 84.2 Å². The Kier molecular flexibility index (Phi) is 2.99. The lowest BCUT2D eigenvalue weighted by atomic mass is 10.2. The van der Waals surface area contributed by atoms with E-state index in [0.717, 1.165) is 6.42 Å². The van der Waals surface area contributed by atoms with Gasteiger partial charge in [-0.1, -0.05) is 13.0 Å². The molecule has 5 heteroatoms. The molecule has 0 aliphatic heterocycles. The normalized spacial score (nSPS) is 21.7. The number of hydrogen-bond acceptors (Lipinski definition) is 2. The van der Waals surface area contributed by atoms with Crippen LogP contribution in [0, 0.1) is 11.8 Å². The van der Waals surface area contributed by atoms with E-state index < -0.39 is 6.03 Å². The van der Waals surface area contributed by atoms with Crippen LogP contribution in [0.3, 0.4) is 0 Å². The lowest BCUT2D eigenvalue weighted by molar-refractivity contribution is -0.117. The Morgan fingerprint density at radius 3 is 2.41 bits per heavy atom. The van der Waals surface area contributed by atoms with Crippen molar-refractivity contribution in [2.45, 2.75) is 13.3 Å². The second-order valence-electron chi connectivity index (χ2n) is 4.38. The van der Waals surface area contributed by atoms with Crippen LogP contribution in [0.25, 0.3) is 0 Å². The van der Waals surface area contributed by atoms with Crippen LogP contribution in [0.2, 0.25) is 0 Å². The summed E-state index contributed by atoms with van der Waals surface area (Å²) in [5.74, 6) is 0.637. The fourth-order valence-electron chi connectivity index (χ4n) is 1.74. The standard InChI is InChI=1S/C12H15N3O2/c1-7-5-10(7)11(16)14-8-3-2-4-9(6-8)15-12(13)17/h2-4,6-7,10H,5H2,1H3,(H,14,16)(H3,13,15,17). The summed E-state index contributed by atoms with van der Waals surface area (Å²) in [4.78, 5) is 22.4. The molecule has 0 saturated heterocycles. The summed E-state index contributed by atoms with van der Waals surface area (Å²) in [5.41, 5.74) is 6.25. The number of primary amides is 1. The van der Waals surface area contributed by atoms with Crippen LogP contribution in [0.1, 0.15) is 13.3 Å². The minimum absolute atomic E-state index is 0.0359.